The molecule has 2 aromatic heterocycles. The standard InChI is InChI=1S/C14H8N6O2/c21-20(22)10-6-7-12-11(8-10)13(9-4-2-1-3-5-9)15-14-16-17-18-19(12)14/h1-8H. The van der Waals surface area contributed by atoms with Crippen LogP contribution in [0.15, 0.2) is 48.5 Å². The van der Waals surface area contributed by atoms with Crippen molar-refractivity contribution in [2.24, 2.45) is 0 Å². The van der Waals surface area contributed by atoms with E-state index in [9.17, 15) is 10.1 Å². The predicted octanol–water partition coefficient (Wildman–Crippen LogP) is 2.25. The Morgan fingerprint density at radius 3 is 2.68 bits per heavy atom. The molecule has 0 fully saturated rings. The van der Waals surface area contributed by atoms with E-state index in [2.05, 4.69) is 20.5 Å². The molecular weight excluding hydrogens is 284 g/mol. The molecule has 2 heterocycles. The summed E-state index contributed by atoms with van der Waals surface area (Å²) in [7, 11) is 0. The zero-order chi connectivity index (χ0) is 15.1. The summed E-state index contributed by atoms with van der Waals surface area (Å²) in [5.74, 6) is 0.347. The van der Waals surface area contributed by atoms with Crippen molar-refractivity contribution < 1.29 is 4.92 Å². The van der Waals surface area contributed by atoms with Gasteiger partial charge in [-0.25, -0.2) is 4.98 Å². The van der Waals surface area contributed by atoms with E-state index >= 15 is 0 Å². The second-order valence-electron chi connectivity index (χ2n) is 4.68. The first-order valence-electron chi connectivity index (χ1n) is 6.46. The van der Waals surface area contributed by atoms with Crippen LogP contribution < -0.4 is 0 Å². The van der Waals surface area contributed by atoms with E-state index in [-0.39, 0.29) is 5.69 Å². The Balaban J connectivity index is 2.15. The number of nitrogens with zero attached hydrogens (tertiary/aromatic N) is 6. The van der Waals surface area contributed by atoms with Gasteiger partial charge in [-0.3, -0.25) is 10.1 Å². The Hall–Kier alpha value is -3.42. The molecule has 0 unspecified atom stereocenters. The fourth-order valence-electron chi connectivity index (χ4n) is 2.40. The monoisotopic (exact) mass is 292 g/mol. The van der Waals surface area contributed by atoms with Gasteiger partial charge < -0.3 is 0 Å². The highest BCUT2D eigenvalue weighted by Crippen LogP contribution is 2.29. The van der Waals surface area contributed by atoms with Crippen LogP contribution in [0.5, 0.6) is 0 Å². The summed E-state index contributed by atoms with van der Waals surface area (Å²) in [4.78, 5) is 15.0. The van der Waals surface area contributed by atoms with Crippen molar-refractivity contribution in [1.29, 1.82) is 0 Å². The van der Waals surface area contributed by atoms with E-state index in [1.54, 1.807) is 6.07 Å². The highest BCUT2D eigenvalue weighted by Gasteiger charge is 2.15. The highest BCUT2D eigenvalue weighted by molar-refractivity contribution is 5.95. The molecule has 0 saturated carbocycles. The van der Waals surface area contributed by atoms with Crippen molar-refractivity contribution in [2.75, 3.05) is 0 Å². The van der Waals surface area contributed by atoms with E-state index in [4.69, 9.17) is 0 Å². The summed E-state index contributed by atoms with van der Waals surface area (Å²) in [5.41, 5.74) is 2.12. The maximum atomic E-state index is 11.0. The van der Waals surface area contributed by atoms with Gasteiger partial charge in [0.25, 0.3) is 11.5 Å². The van der Waals surface area contributed by atoms with Gasteiger partial charge in [0.15, 0.2) is 0 Å². The van der Waals surface area contributed by atoms with Crippen LogP contribution in [0, 0.1) is 10.1 Å². The summed E-state index contributed by atoms with van der Waals surface area (Å²) >= 11 is 0. The predicted molar refractivity (Wildman–Crippen MR) is 78.2 cm³/mol. The second kappa shape index (κ2) is 4.55. The van der Waals surface area contributed by atoms with Crippen LogP contribution in [0.3, 0.4) is 0 Å². The van der Waals surface area contributed by atoms with Crippen LogP contribution >= 0.6 is 0 Å². The molecule has 0 amide bonds. The second-order valence-corrected chi connectivity index (χ2v) is 4.68. The topological polar surface area (TPSA) is 99.1 Å². The van der Waals surface area contributed by atoms with Gasteiger partial charge >= 0.3 is 0 Å². The van der Waals surface area contributed by atoms with E-state index in [1.165, 1.54) is 16.6 Å². The van der Waals surface area contributed by atoms with Crippen molar-refractivity contribution in [1.82, 2.24) is 25.0 Å². The summed E-state index contributed by atoms with van der Waals surface area (Å²) in [6.07, 6.45) is 0. The van der Waals surface area contributed by atoms with Crippen molar-refractivity contribution >= 4 is 22.4 Å². The molecule has 4 aromatic rings. The van der Waals surface area contributed by atoms with Gasteiger partial charge in [-0.15, -0.1) is 0 Å². The van der Waals surface area contributed by atoms with Crippen LogP contribution in [-0.4, -0.2) is 29.9 Å². The third-order valence-corrected chi connectivity index (χ3v) is 3.39. The molecule has 2 aromatic carbocycles. The fourth-order valence-corrected chi connectivity index (χ4v) is 2.40. The lowest BCUT2D eigenvalue weighted by Crippen LogP contribution is -1.98. The Labute approximate surface area is 123 Å². The van der Waals surface area contributed by atoms with Crippen LogP contribution in [0.25, 0.3) is 27.9 Å². The number of benzene rings is 2. The number of aromatic nitrogens is 5. The Kier molecular flexibility index (Phi) is 2.55. The summed E-state index contributed by atoms with van der Waals surface area (Å²) in [5, 5.41) is 23.0. The molecule has 8 heteroatoms. The molecule has 0 saturated heterocycles. The average Bonchev–Trinajstić information content (AvgIpc) is 3.03. The van der Waals surface area contributed by atoms with Crippen molar-refractivity contribution in [2.45, 2.75) is 0 Å². The molecule has 0 atom stereocenters. The van der Waals surface area contributed by atoms with Gasteiger partial charge in [0.2, 0.25) is 0 Å². The molecule has 0 aliphatic rings. The minimum absolute atomic E-state index is 0.00101. The lowest BCUT2D eigenvalue weighted by Gasteiger charge is -2.06. The molecule has 22 heavy (non-hydrogen) atoms. The van der Waals surface area contributed by atoms with Gasteiger partial charge in [0.05, 0.1) is 16.1 Å². The number of tetrazole rings is 1. The van der Waals surface area contributed by atoms with Crippen molar-refractivity contribution in [3.05, 3.63) is 58.6 Å². The maximum Gasteiger partial charge on any atom is 0.274 e. The number of hydrogen-bond donors (Lipinski definition) is 0. The van der Waals surface area contributed by atoms with Gasteiger partial charge in [0, 0.05) is 23.1 Å². The molecule has 0 radical (unpaired) electrons. The number of nitro groups is 1. The zero-order valence-corrected chi connectivity index (χ0v) is 11.1. The van der Waals surface area contributed by atoms with Gasteiger partial charge in [-0.05, 0) is 16.5 Å². The SMILES string of the molecule is O=[N+]([O-])c1ccc2c(c1)c(-c1ccccc1)nc1nnnn12. The average molecular weight is 292 g/mol. The quantitative estimate of drug-likeness (QED) is 0.415. The number of nitro benzene ring substituents is 1. The Morgan fingerprint density at radius 2 is 1.91 bits per heavy atom. The summed E-state index contributed by atoms with van der Waals surface area (Å²) in [6.45, 7) is 0. The third-order valence-electron chi connectivity index (χ3n) is 3.39. The van der Waals surface area contributed by atoms with Crippen molar-refractivity contribution in [3.63, 3.8) is 0 Å². The summed E-state index contributed by atoms with van der Waals surface area (Å²) < 4.78 is 1.46. The first-order valence-corrected chi connectivity index (χ1v) is 6.46. The molecular formula is C14H8N6O2. The zero-order valence-electron chi connectivity index (χ0n) is 11.1. The molecule has 4 rings (SSSR count). The molecule has 106 valence electrons. The van der Waals surface area contributed by atoms with E-state index in [1.807, 2.05) is 30.3 Å². The Morgan fingerprint density at radius 1 is 1.09 bits per heavy atom. The lowest BCUT2D eigenvalue weighted by atomic mass is 10.1. The molecule has 8 nitrogen and oxygen atoms in total. The fraction of sp³-hybridized carbons (Fsp3) is 0. The molecule has 0 aliphatic heterocycles. The lowest BCUT2D eigenvalue weighted by molar-refractivity contribution is -0.384. The largest absolute Gasteiger partial charge is 0.274 e. The van der Waals surface area contributed by atoms with E-state index < -0.39 is 4.92 Å². The van der Waals surface area contributed by atoms with E-state index in [0.717, 1.165) is 5.56 Å². The van der Waals surface area contributed by atoms with Crippen LogP contribution in [0.2, 0.25) is 0 Å². The number of fused-ring (bicyclic) bond motifs is 3. The van der Waals surface area contributed by atoms with Crippen LogP contribution in [-0.2, 0) is 0 Å². The van der Waals surface area contributed by atoms with Gasteiger partial charge in [-0.2, -0.15) is 4.52 Å². The minimum atomic E-state index is -0.433. The normalized spacial score (nSPS) is 11.1. The molecule has 0 bridgehead atoms. The molecule has 0 N–H and O–H groups in total. The van der Waals surface area contributed by atoms with Crippen molar-refractivity contribution in [3.8, 4) is 11.3 Å². The first-order chi connectivity index (χ1) is 10.7. The first kappa shape index (κ1) is 12.3. The third kappa shape index (κ3) is 1.78. The Bertz CT molecular complexity index is 1010. The molecule has 0 spiro atoms. The summed E-state index contributed by atoms with van der Waals surface area (Å²) in [6, 6.07) is 14.0. The smallest absolute Gasteiger partial charge is 0.258 e. The van der Waals surface area contributed by atoms with Crippen LogP contribution in [0.4, 0.5) is 5.69 Å². The number of non-ortho nitro benzene ring substituents is 1. The van der Waals surface area contributed by atoms with Gasteiger partial charge in [0.1, 0.15) is 0 Å². The van der Waals surface area contributed by atoms with Crippen LogP contribution in [0.1, 0.15) is 0 Å². The highest BCUT2D eigenvalue weighted by atomic mass is 16.6. The molecule has 0 aliphatic carbocycles. The van der Waals surface area contributed by atoms with E-state index in [0.29, 0.717) is 22.4 Å². The maximum absolute atomic E-state index is 11.0. The number of hydrogen-bond acceptors (Lipinski definition) is 6. The number of rotatable bonds is 2. The minimum Gasteiger partial charge on any atom is -0.258 e. The van der Waals surface area contributed by atoms with Gasteiger partial charge in [-0.1, -0.05) is 35.4 Å².